The molecule has 1 aromatic heterocycles. The van der Waals surface area contributed by atoms with Gasteiger partial charge in [-0.05, 0) is 44.7 Å². The first-order valence-electron chi connectivity index (χ1n) is 7.26. The predicted molar refractivity (Wildman–Crippen MR) is 79.5 cm³/mol. The Kier molecular flexibility index (Phi) is 4.51. The molecule has 1 aliphatic rings. The summed E-state index contributed by atoms with van der Waals surface area (Å²) in [5, 5.41) is 3.52. The highest BCUT2D eigenvalue weighted by Gasteiger charge is 2.21. The summed E-state index contributed by atoms with van der Waals surface area (Å²) in [5.74, 6) is 2.09. The van der Waals surface area contributed by atoms with E-state index in [4.69, 9.17) is 10.5 Å². The maximum absolute atomic E-state index is 5.88. The van der Waals surface area contributed by atoms with Crippen LogP contribution in [0.5, 0.6) is 5.88 Å². The SMILES string of the molecule is CC(C)Oc1nc(NC2CCCCC2C)ccc1N. The van der Waals surface area contributed by atoms with Crippen LogP contribution < -0.4 is 15.8 Å². The molecule has 2 unspecified atom stereocenters. The molecule has 1 fully saturated rings. The zero-order valence-corrected chi connectivity index (χ0v) is 12.1. The largest absolute Gasteiger partial charge is 0.473 e. The maximum Gasteiger partial charge on any atom is 0.239 e. The summed E-state index contributed by atoms with van der Waals surface area (Å²) in [4.78, 5) is 4.48. The Bertz CT molecular complexity index is 420. The quantitative estimate of drug-likeness (QED) is 0.873. The molecule has 0 aromatic carbocycles. The van der Waals surface area contributed by atoms with Crippen LogP contribution >= 0.6 is 0 Å². The van der Waals surface area contributed by atoms with Crippen molar-refractivity contribution in [2.24, 2.45) is 5.92 Å². The highest BCUT2D eigenvalue weighted by molar-refractivity contribution is 5.54. The van der Waals surface area contributed by atoms with Crippen molar-refractivity contribution < 1.29 is 4.74 Å². The van der Waals surface area contributed by atoms with Gasteiger partial charge in [0.1, 0.15) is 5.82 Å². The van der Waals surface area contributed by atoms with Crippen molar-refractivity contribution in [3.8, 4) is 5.88 Å². The van der Waals surface area contributed by atoms with Gasteiger partial charge in [-0.15, -0.1) is 0 Å². The van der Waals surface area contributed by atoms with E-state index in [1.54, 1.807) is 0 Å². The van der Waals surface area contributed by atoms with Crippen LogP contribution in [0.2, 0.25) is 0 Å². The van der Waals surface area contributed by atoms with E-state index in [1.807, 2.05) is 26.0 Å². The molecule has 3 N–H and O–H groups in total. The van der Waals surface area contributed by atoms with Gasteiger partial charge in [-0.1, -0.05) is 19.8 Å². The zero-order valence-electron chi connectivity index (χ0n) is 12.1. The van der Waals surface area contributed by atoms with E-state index in [1.165, 1.54) is 25.7 Å². The van der Waals surface area contributed by atoms with Crippen LogP contribution in [-0.4, -0.2) is 17.1 Å². The normalized spacial score (nSPS) is 23.4. The summed E-state index contributed by atoms with van der Waals surface area (Å²) in [6, 6.07) is 4.31. The van der Waals surface area contributed by atoms with Crippen LogP contribution in [0.1, 0.15) is 46.5 Å². The maximum atomic E-state index is 5.88. The Labute approximate surface area is 115 Å². The molecule has 4 nitrogen and oxygen atoms in total. The van der Waals surface area contributed by atoms with E-state index < -0.39 is 0 Å². The average Bonchev–Trinajstić information content (AvgIpc) is 2.35. The van der Waals surface area contributed by atoms with Crippen LogP contribution in [0, 0.1) is 5.92 Å². The van der Waals surface area contributed by atoms with Gasteiger partial charge < -0.3 is 15.8 Å². The van der Waals surface area contributed by atoms with Crippen LogP contribution in [0.25, 0.3) is 0 Å². The van der Waals surface area contributed by atoms with Crippen molar-refractivity contribution in [3.05, 3.63) is 12.1 Å². The van der Waals surface area contributed by atoms with Crippen LogP contribution in [0.4, 0.5) is 11.5 Å². The molecule has 0 spiro atoms. The molecule has 0 aliphatic heterocycles. The summed E-state index contributed by atoms with van der Waals surface area (Å²) >= 11 is 0. The van der Waals surface area contributed by atoms with Gasteiger partial charge in [-0.2, -0.15) is 4.98 Å². The first kappa shape index (κ1) is 14.0. The molecule has 1 aromatic rings. The lowest BCUT2D eigenvalue weighted by Crippen LogP contribution is -2.30. The average molecular weight is 263 g/mol. The highest BCUT2D eigenvalue weighted by atomic mass is 16.5. The fraction of sp³-hybridized carbons (Fsp3) is 0.667. The number of aromatic nitrogens is 1. The van der Waals surface area contributed by atoms with Crippen molar-refractivity contribution in [1.82, 2.24) is 4.98 Å². The Morgan fingerprint density at radius 2 is 2.05 bits per heavy atom. The molecule has 1 heterocycles. The third-order valence-corrected chi connectivity index (χ3v) is 3.68. The van der Waals surface area contributed by atoms with Crippen LogP contribution in [-0.2, 0) is 0 Å². The van der Waals surface area contributed by atoms with Gasteiger partial charge in [0, 0.05) is 6.04 Å². The van der Waals surface area contributed by atoms with Gasteiger partial charge >= 0.3 is 0 Å². The second kappa shape index (κ2) is 6.13. The Hall–Kier alpha value is -1.45. The topological polar surface area (TPSA) is 60.2 Å². The minimum absolute atomic E-state index is 0.0821. The van der Waals surface area contributed by atoms with E-state index in [2.05, 4.69) is 17.2 Å². The van der Waals surface area contributed by atoms with Gasteiger partial charge in [-0.25, -0.2) is 0 Å². The lowest BCUT2D eigenvalue weighted by atomic mass is 9.86. The Morgan fingerprint density at radius 1 is 1.32 bits per heavy atom. The summed E-state index contributed by atoms with van der Waals surface area (Å²) in [6.07, 6.45) is 5.23. The lowest BCUT2D eigenvalue weighted by Gasteiger charge is -2.30. The standard InChI is InChI=1S/C15H25N3O/c1-10(2)19-15-12(16)8-9-14(18-15)17-13-7-5-4-6-11(13)3/h8-11,13H,4-7,16H2,1-3H3,(H,17,18). The van der Waals surface area contributed by atoms with E-state index in [9.17, 15) is 0 Å². The number of nitrogens with zero attached hydrogens (tertiary/aromatic N) is 1. The summed E-state index contributed by atoms with van der Waals surface area (Å²) in [7, 11) is 0. The Balaban J connectivity index is 2.07. The zero-order chi connectivity index (χ0) is 13.8. The monoisotopic (exact) mass is 263 g/mol. The molecule has 1 aliphatic carbocycles. The molecule has 0 amide bonds. The lowest BCUT2D eigenvalue weighted by molar-refractivity contribution is 0.234. The molecule has 4 heteroatoms. The van der Waals surface area contributed by atoms with Gasteiger partial charge in [0.2, 0.25) is 5.88 Å². The van der Waals surface area contributed by atoms with E-state index >= 15 is 0 Å². The number of nitrogens with one attached hydrogen (secondary N) is 1. The summed E-state index contributed by atoms with van der Waals surface area (Å²) in [6.45, 7) is 6.26. The van der Waals surface area contributed by atoms with Crippen LogP contribution in [0.3, 0.4) is 0 Å². The number of hydrogen-bond donors (Lipinski definition) is 2. The van der Waals surface area contributed by atoms with Gasteiger partial charge in [-0.3, -0.25) is 0 Å². The van der Waals surface area contributed by atoms with Crippen molar-refractivity contribution in [3.63, 3.8) is 0 Å². The van der Waals surface area contributed by atoms with Gasteiger partial charge in [0.25, 0.3) is 0 Å². The van der Waals surface area contributed by atoms with Crippen molar-refractivity contribution in [2.45, 2.75) is 58.6 Å². The summed E-state index contributed by atoms with van der Waals surface area (Å²) < 4.78 is 5.63. The minimum Gasteiger partial charge on any atom is -0.473 e. The fourth-order valence-electron chi connectivity index (χ4n) is 2.57. The van der Waals surface area contributed by atoms with E-state index in [0.717, 1.165) is 5.82 Å². The molecule has 2 rings (SSSR count). The van der Waals surface area contributed by atoms with Crippen LogP contribution in [0.15, 0.2) is 12.1 Å². The first-order chi connectivity index (χ1) is 9.06. The number of nitrogen functional groups attached to an aromatic ring is 1. The first-order valence-corrected chi connectivity index (χ1v) is 7.26. The van der Waals surface area contributed by atoms with E-state index in [0.29, 0.717) is 23.5 Å². The molecule has 0 bridgehead atoms. The number of anilines is 2. The van der Waals surface area contributed by atoms with Crippen molar-refractivity contribution >= 4 is 11.5 Å². The summed E-state index contributed by atoms with van der Waals surface area (Å²) in [5.41, 5.74) is 6.48. The second-order valence-electron chi connectivity index (χ2n) is 5.77. The molecular weight excluding hydrogens is 238 g/mol. The fourth-order valence-corrected chi connectivity index (χ4v) is 2.57. The molecule has 106 valence electrons. The van der Waals surface area contributed by atoms with Crippen molar-refractivity contribution in [2.75, 3.05) is 11.1 Å². The molecule has 0 radical (unpaired) electrons. The number of nitrogens with two attached hydrogens (primary N) is 1. The third-order valence-electron chi connectivity index (χ3n) is 3.68. The number of ether oxygens (including phenoxy) is 1. The third kappa shape index (κ3) is 3.75. The van der Waals surface area contributed by atoms with Gasteiger partial charge in [0.15, 0.2) is 0 Å². The number of rotatable bonds is 4. The Morgan fingerprint density at radius 3 is 2.74 bits per heavy atom. The molecule has 1 saturated carbocycles. The smallest absolute Gasteiger partial charge is 0.239 e. The predicted octanol–water partition coefficient (Wildman–Crippen LogP) is 3.44. The van der Waals surface area contributed by atoms with Gasteiger partial charge in [0.05, 0.1) is 11.8 Å². The molecule has 2 atom stereocenters. The number of hydrogen-bond acceptors (Lipinski definition) is 4. The number of pyridine rings is 1. The molecule has 0 saturated heterocycles. The van der Waals surface area contributed by atoms with Crippen molar-refractivity contribution in [1.29, 1.82) is 0 Å². The second-order valence-corrected chi connectivity index (χ2v) is 5.77. The minimum atomic E-state index is 0.0821. The molecule has 19 heavy (non-hydrogen) atoms. The molecular formula is C15H25N3O. The highest BCUT2D eigenvalue weighted by Crippen LogP contribution is 2.28. The van der Waals surface area contributed by atoms with E-state index in [-0.39, 0.29) is 6.10 Å².